The Labute approximate surface area is 108 Å². The molecule has 1 aromatic carbocycles. The molecule has 0 saturated carbocycles. The van der Waals surface area contributed by atoms with Crippen LogP contribution < -0.4 is 5.32 Å². The standard InChI is InChI=1S/C15H19NO2/c1-9-6-5-7-10-12(17)8-11(13(9)10)14(18)16-15(2,3)4/h5-7,11H,8H2,1-4H3,(H,16,18). The van der Waals surface area contributed by atoms with E-state index in [2.05, 4.69) is 5.32 Å². The molecule has 1 aliphatic carbocycles. The van der Waals surface area contributed by atoms with Crippen LogP contribution in [0.2, 0.25) is 0 Å². The first kappa shape index (κ1) is 12.8. The summed E-state index contributed by atoms with van der Waals surface area (Å²) < 4.78 is 0. The molecule has 18 heavy (non-hydrogen) atoms. The quantitative estimate of drug-likeness (QED) is 0.826. The van der Waals surface area contributed by atoms with Crippen molar-refractivity contribution in [2.45, 2.75) is 45.6 Å². The predicted octanol–water partition coefficient (Wildman–Crippen LogP) is 2.58. The molecule has 1 atom stereocenters. The molecule has 1 aromatic rings. The number of nitrogens with one attached hydrogen (secondary N) is 1. The third kappa shape index (κ3) is 2.30. The molecule has 1 unspecified atom stereocenters. The summed E-state index contributed by atoms with van der Waals surface area (Å²) in [6, 6.07) is 5.64. The maximum absolute atomic E-state index is 12.3. The molecule has 0 heterocycles. The van der Waals surface area contributed by atoms with E-state index in [1.54, 1.807) is 0 Å². The normalized spacial score (nSPS) is 18.7. The van der Waals surface area contributed by atoms with E-state index in [0.717, 1.165) is 11.1 Å². The summed E-state index contributed by atoms with van der Waals surface area (Å²) in [6.07, 6.45) is 0.294. The van der Waals surface area contributed by atoms with E-state index in [1.165, 1.54) is 0 Å². The molecule has 0 bridgehead atoms. The van der Waals surface area contributed by atoms with Gasteiger partial charge in [-0.3, -0.25) is 9.59 Å². The Kier molecular flexibility index (Phi) is 3.01. The number of carbonyl (C=O) groups excluding carboxylic acids is 2. The molecule has 0 saturated heterocycles. The van der Waals surface area contributed by atoms with Gasteiger partial charge in [-0.25, -0.2) is 0 Å². The van der Waals surface area contributed by atoms with Gasteiger partial charge in [0, 0.05) is 17.5 Å². The molecule has 0 fully saturated rings. The molecule has 0 radical (unpaired) electrons. The van der Waals surface area contributed by atoms with E-state index in [0.29, 0.717) is 12.0 Å². The minimum atomic E-state index is -0.326. The van der Waals surface area contributed by atoms with Crippen LogP contribution in [0.1, 0.15) is 54.6 Å². The number of rotatable bonds is 1. The highest BCUT2D eigenvalue weighted by atomic mass is 16.2. The van der Waals surface area contributed by atoms with E-state index < -0.39 is 0 Å². The Hall–Kier alpha value is -1.64. The van der Waals surface area contributed by atoms with Crippen LogP contribution in [-0.2, 0) is 4.79 Å². The molecule has 0 aromatic heterocycles. The summed E-state index contributed by atoms with van der Waals surface area (Å²) in [6.45, 7) is 7.79. The summed E-state index contributed by atoms with van der Waals surface area (Å²) in [5.41, 5.74) is 2.37. The third-order valence-corrected chi connectivity index (χ3v) is 3.18. The second-order valence-corrected chi connectivity index (χ2v) is 5.96. The molecule has 0 spiro atoms. The first-order valence-electron chi connectivity index (χ1n) is 6.24. The zero-order valence-corrected chi connectivity index (χ0v) is 11.3. The van der Waals surface area contributed by atoms with Crippen LogP contribution >= 0.6 is 0 Å². The van der Waals surface area contributed by atoms with Crippen molar-refractivity contribution in [2.75, 3.05) is 0 Å². The summed E-state index contributed by atoms with van der Waals surface area (Å²) in [7, 11) is 0. The topological polar surface area (TPSA) is 46.2 Å². The van der Waals surface area contributed by atoms with Crippen molar-refractivity contribution >= 4 is 11.7 Å². The van der Waals surface area contributed by atoms with E-state index in [4.69, 9.17) is 0 Å². The smallest absolute Gasteiger partial charge is 0.228 e. The van der Waals surface area contributed by atoms with Crippen molar-refractivity contribution < 1.29 is 9.59 Å². The van der Waals surface area contributed by atoms with Gasteiger partial charge in [0.1, 0.15) is 0 Å². The average molecular weight is 245 g/mol. The first-order chi connectivity index (χ1) is 8.29. The number of hydrogen-bond donors (Lipinski definition) is 1. The van der Waals surface area contributed by atoms with Crippen LogP contribution in [0.3, 0.4) is 0 Å². The van der Waals surface area contributed by atoms with Crippen molar-refractivity contribution in [1.29, 1.82) is 0 Å². The maximum atomic E-state index is 12.3. The zero-order chi connectivity index (χ0) is 13.5. The molecular formula is C15H19NO2. The number of benzene rings is 1. The summed E-state index contributed by atoms with van der Waals surface area (Å²) >= 11 is 0. The Bertz CT molecular complexity index is 512. The number of aryl methyl sites for hydroxylation is 1. The van der Waals surface area contributed by atoms with Crippen molar-refractivity contribution in [3.8, 4) is 0 Å². The highest BCUT2D eigenvalue weighted by Crippen LogP contribution is 2.35. The molecule has 0 aliphatic heterocycles. The largest absolute Gasteiger partial charge is 0.351 e. The number of fused-ring (bicyclic) bond motifs is 1. The molecule has 3 heteroatoms. The molecule has 1 amide bonds. The highest BCUT2D eigenvalue weighted by Gasteiger charge is 2.36. The Balaban J connectivity index is 2.35. The minimum Gasteiger partial charge on any atom is -0.351 e. The first-order valence-corrected chi connectivity index (χ1v) is 6.24. The molecular weight excluding hydrogens is 226 g/mol. The summed E-state index contributed by atoms with van der Waals surface area (Å²) in [4.78, 5) is 24.2. The molecule has 2 rings (SSSR count). The van der Waals surface area contributed by atoms with Crippen LogP contribution in [0.25, 0.3) is 0 Å². The minimum absolute atomic E-state index is 0.0519. The van der Waals surface area contributed by atoms with Crippen molar-refractivity contribution in [2.24, 2.45) is 0 Å². The van der Waals surface area contributed by atoms with Crippen molar-refractivity contribution in [1.82, 2.24) is 5.32 Å². The van der Waals surface area contributed by atoms with Gasteiger partial charge in [-0.05, 0) is 38.8 Å². The average Bonchev–Trinajstić information content (AvgIpc) is 2.56. The maximum Gasteiger partial charge on any atom is 0.228 e. The fraction of sp³-hybridized carbons (Fsp3) is 0.467. The summed E-state index contributed by atoms with van der Waals surface area (Å²) in [5, 5.41) is 2.96. The van der Waals surface area contributed by atoms with E-state index in [1.807, 2.05) is 45.9 Å². The second kappa shape index (κ2) is 4.23. The molecule has 96 valence electrons. The third-order valence-electron chi connectivity index (χ3n) is 3.18. The Morgan fingerprint density at radius 1 is 1.33 bits per heavy atom. The molecule has 3 nitrogen and oxygen atoms in total. The summed E-state index contributed by atoms with van der Waals surface area (Å²) in [5.74, 6) is -0.306. The monoisotopic (exact) mass is 245 g/mol. The van der Waals surface area contributed by atoms with Gasteiger partial charge in [-0.2, -0.15) is 0 Å². The lowest BCUT2D eigenvalue weighted by molar-refractivity contribution is -0.123. The van der Waals surface area contributed by atoms with Gasteiger partial charge in [0.2, 0.25) is 5.91 Å². The predicted molar refractivity (Wildman–Crippen MR) is 70.8 cm³/mol. The number of carbonyl (C=O) groups is 2. The van der Waals surface area contributed by atoms with Gasteiger partial charge < -0.3 is 5.32 Å². The number of Topliss-reactive ketones (excluding diaryl/α,β-unsaturated/α-hetero) is 1. The fourth-order valence-corrected chi connectivity index (χ4v) is 2.46. The van der Waals surface area contributed by atoms with E-state index in [-0.39, 0.29) is 23.1 Å². The number of amides is 1. The van der Waals surface area contributed by atoms with Gasteiger partial charge >= 0.3 is 0 Å². The van der Waals surface area contributed by atoms with Crippen LogP contribution in [-0.4, -0.2) is 17.2 Å². The van der Waals surface area contributed by atoms with Crippen LogP contribution in [0, 0.1) is 6.92 Å². The van der Waals surface area contributed by atoms with Gasteiger partial charge in [-0.15, -0.1) is 0 Å². The van der Waals surface area contributed by atoms with Crippen LogP contribution in [0.4, 0.5) is 0 Å². The lowest BCUT2D eigenvalue weighted by atomic mass is 9.95. The lowest BCUT2D eigenvalue weighted by Crippen LogP contribution is -2.43. The molecule has 1 aliphatic rings. The SMILES string of the molecule is Cc1cccc2c1C(C(=O)NC(C)(C)C)CC2=O. The van der Waals surface area contributed by atoms with Gasteiger partial charge in [0.15, 0.2) is 5.78 Å². The van der Waals surface area contributed by atoms with Gasteiger partial charge in [0.25, 0.3) is 0 Å². The Morgan fingerprint density at radius 2 is 2.00 bits per heavy atom. The molecule has 1 N–H and O–H groups in total. The number of hydrogen-bond acceptors (Lipinski definition) is 2. The fourth-order valence-electron chi connectivity index (χ4n) is 2.46. The zero-order valence-electron chi connectivity index (χ0n) is 11.3. The van der Waals surface area contributed by atoms with Crippen molar-refractivity contribution in [3.63, 3.8) is 0 Å². The highest BCUT2D eigenvalue weighted by molar-refractivity contribution is 6.07. The Morgan fingerprint density at radius 3 is 2.61 bits per heavy atom. The number of ketones is 1. The van der Waals surface area contributed by atoms with Crippen LogP contribution in [0.5, 0.6) is 0 Å². The second-order valence-electron chi connectivity index (χ2n) is 5.96. The van der Waals surface area contributed by atoms with Gasteiger partial charge in [-0.1, -0.05) is 18.2 Å². The lowest BCUT2D eigenvalue weighted by Gasteiger charge is -2.23. The van der Waals surface area contributed by atoms with E-state index in [9.17, 15) is 9.59 Å². The van der Waals surface area contributed by atoms with Crippen molar-refractivity contribution in [3.05, 3.63) is 34.9 Å². The van der Waals surface area contributed by atoms with E-state index >= 15 is 0 Å². The van der Waals surface area contributed by atoms with Gasteiger partial charge in [0.05, 0.1) is 5.92 Å². The van der Waals surface area contributed by atoms with Crippen LogP contribution in [0.15, 0.2) is 18.2 Å².